The van der Waals surface area contributed by atoms with Gasteiger partial charge in [0.1, 0.15) is 0 Å². The number of anilines is 1. The van der Waals surface area contributed by atoms with E-state index in [1.165, 1.54) is 38.5 Å². The van der Waals surface area contributed by atoms with Crippen LogP contribution in [0.3, 0.4) is 0 Å². The van der Waals surface area contributed by atoms with Crippen LogP contribution in [0.2, 0.25) is 0 Å². The second kappa shape index (κ2) is 6.18. The standard InChI is InChI=1S/C20H27BrN4O/c21-20-11-15-8-16(12-20)10-19(9-15,14-20)13-17(26)24-4-6-25(7-5-24)18-22-2-1-3-23-18/h1-3,15-16H,4-14H2/t15-,16+,19?,20?. The Bertz CT molecular complexity index is 674. The van der Waals surface area contributed by atoms with Crippen molar-refractivity contribution in [3.05, 3.63) is 18.5 Å². The number of hydrogen-bond donors (Lipinski definition) is 0. The molecule has 1 aromatic heterocycles. The minimum absolute atomic E-state index is 0.268. The number of piperazine rings is 1. The molecular formula is C20H27BrN4O. The van der Waals surface area contributed by atoms with Gasteiger partial charge in [-0.15, -0.1) is 0 Å². The third-order valence-corrected chi connectivity index (χ3v) is 8.03. The number of carbonyl (C=O) groups is 1. The summed E-state index contributed by atoms with van der Waals surface area (Å²) in [6.07, 6.45) is 12.1. The zero-order valence-corrected chi connectivity index (χ0v) is 16.8. The summed E-state index contributed by atoms with van der Waals surface area (Å²) < 4.78 is 0.334. The molecule has 0 N–H and O–H groups in total. The molecule has 4 aliphatic carbocycles. The molecule has 1 aromatic rings. The average Bonchev–Trinajstić information content (AvgIpc) is 2.60. The molecule has 4 atom stereocenters. The first-order valence-electron chi connectivity index (χ1n) is 10.0. The normalized spacial score (nSPS) is 38.7. The second-order valence-electron chi connectivity index (χ2n) is 9.21. The molecule has 26 heavy (non-hydrogen) atoms. The minimum atomic E-state index is 0.268. The molecule has 5 fully saturated rings. The maximum atomic E-state index is 13.1. The summed E-state index contributed by atoms with van der Waals surface area (Å²) in [6.45, 7) is 3.24. The predicted molar refractivity (Wildman–Crippen MR) is 104 cm³/mol. The highest BCUT2D eigenvalue weighted by atomic mass is 79.9. The average molecular weight is 419 g/mol. The predicted octanol–water partition coefficient (Wildman–Crippen LogP) is 3.25. The van der Waals surface area contributed by atoms with Crippen LogP contribution in [0.1, 0.15) is 44.9 Å². The van der Waals surface area contributed by atoms with Crippen LogP contribution in [-0.2, 0) is 4.79 Å². The number of amides is 1. The van der Waals surface area contributed by atoms with Gasteiger partial charge in [0, 0.05) is 49.3 Å². The molecule has 140 valence electrons. The molecule has 1 amide bonds. The highest BCUT2D eigenvalue weighted by molar-refractivity contribution is 9.10. The first-order chi connectivity index (χ1) is 12.5. The summed E-state index contributed by atoms with van der Waals surface area (Å²) in [4.78, 5) is 26.0. The van der Waals surface area contributed by atoms with Crippen LogP contribution in [-0.4, -0.2) is 51.3 Å². The molecule has 1 saturated heterocycles. The zero-order chi connectivity index (χ0) is 17.8. The summed E-state index contributed by atoms with van der Waals surface area (Å²) in [5, 5.41) is 0. The highest BCUT2D eigenvalue weighted by Gasteiger charge is 2.57. The molecule has 5 aliphatic rings. The van der Waals surface area contributed by atoms with Gasteiger partial charge in [0.05, 0.1) is 0 Å². The van der Waals surface area contributed by atoms with Crippen molar-refractivity contribution in [1.82, 2.24) is 14.9 Å². The van der Waals surface area contributed by atoms with E-state index in [0.29, 0.717) is 10.2 Å². The summed E-state index contributed by atoms with van der Waals surface area (Å²) in [5.74, 6) is 2.84. The molecule has 5 nitrogen and oxygen atoms in total. The molecule has 2 unspecified atom stereocenters. The molecule has 0 aromatic carbocycles. The molecule has 2 heterocycles. The number of rotatable bonds is 3. The van der Waals surface area contributed by atoms with E-state index in [2.05, 4.69) is 35.7 Å². The number of halogens is 1. The van der Waals surface area contributed by atoms with Crippen LogP contribution in [0, 0.1) is 17.3 Å². The smallest absolute Gasteiger partial charge is 0.225 e. The van der Waals surface area contributed by atoms with Crippen LogP contribution in [0.5, 0.6) is 0 Å². The Morgan fingerprint density at radius 1 is 1.08 bits per heavy atom. The third-order valence-electron chi connectivity index (χ3n) is 7.10. The lowest BCUT2D eigenvalue weighted by Crippen LogP contribution is -2.55. The Morgan fingerprint density at radius 3 is 2.35 bits per heavy atom. The van der Waals surface area contributed by atoms with Crippen molar-refractivity contribution in [2.75, 3.05) is 31.1 Å². The summed E-state index contributed by atoms with van der Waals surface area (Å²) in [7, 11) is 0. The fourth-order valence-electron chi connectivity index (χ4n) is 6.59. The van der Waals surface area contributed by atoms with E-state index in [1.54, 1.807) is 12.4 Å². The van der Waals surface area contributed by atoms with E-state index in [9.17, 15) is 4.79 Å². The summed E-state index contributed by atoms with van der Waals surface area (Å²) in [6, 6.07) is 1.84. The second-order valence-corrected chi connectivity index (χ2v) is 10.9. The van der Waals surface area contributed by atoms with Crippen molar-refractivity contribution in [3.8, 4) is 0 Å². The lowest BCUT2D eigenvalue weighted by atomic mass is 9.48. The molecule has 6 rings (SSSR count). The highest BCUT2D eigenvalue weighted by Crippen LogP contribution is 2.65. The van der Waals surface area contributed by atoms with Gasteiger partial charge in [-0.25, -0.2) is 9.97 Å². The van der Waals surface area contributed by atoms with Gasteiger partial charge in [-0.05, 0) is 61.8 Å². The lowest BCUT2D eigenvalue weighted by Gasteiger charge is -2.60. The van der Waals surface area contributed by atoms with Crippen molar-refractivity contribution >= 4 is 27.8 Å². The molecule has 4 saturated carbocycles. The van der Waals surface area contributed by atoms with E-state index >= 15 is 0 Å². The molecule has 4 bridgehead atoms. The largest absolute Gasteiger partial charge is 0.339 e. The number of nitrogens with zero attached hydrogens (tertiary/aromatic N) is 4. The van der Waals surface area contributed by atoms with Gasteiger partial charge in [-0.1, -0.05) is 15.9 Å². The number of carbonyl (C=O) groups excluding carboxylic acids is 1. The summed E-state index contributed by atoms with van der Waals surface area (Å²) >= 11 is 4.07. The molecule has 1 aliphatic heterocycles. The molecule has 6 heteroatoms. The Kier molecular flexibility index (Phi) is 4.03. The molecule has 0 spiro atoms. The van der Waals surface area contributed by atoms with Crippen LogP contribution in [0.25, 0.3) is 0 Å². The maximum Gasteiger partial charge on any atom is 0.225 e. The topological polar surface area (TPSA) is 49.3 Å². The van der Waals surface area contributed by atoms with Gasteiger partial charge in [-0.3, -0.25) is 4.79 Å². The van der Waals surface area contributed by atoms with Gasteiger partial charge in [-0.2, -0.15) is 0 Å². The van der Waals surface area contributed by atoms with Crippen LogP contribution >= 0.6 is 15.9 Å². The number of hydrogen-bond acceptors (Lipinski definition) is 4. The molecular weight excluding hydrogens is 392 g/mol. The SMILES string of the molecule is O=C(CC12C[C@@H]3C[C@@H](CC(Br)(C3)C1)C2)N1CCN(c2ncccn2)CC1. The van der Waals surface area contributed by atoms with Gasteiger partial charge in [0.15, 0.2) is 0 Å². The van der Waals surface area contributed by atoms with E-state index in [4.69, 9.17) is 0 Å². The summed E-state index contributed by atoms with van der Waals surface area (Å²) in [5.41, 5.74) is 0.268. The van der Waals surface area contributed by atoms with Crippen molar-refractivity contribution in [2.45, 2.75) is 49.3 Å². The minimum Gasteiger partial charge on any atom is -0.339 e. The Hall–Kier alpha value is -1.17. The Labute approximate surface area is 163 Å². The Balaban J connectivity index is 1.22. The number of alkyl halides is 1. The van der Waals surface area contributed by atoms with E-state index in [1.807, 2.05) is 6.07 Å². The number of aromatic nitrogens is 2. The van der Waals surface area contributed by atoms with E-state index in [0.717, 1.165) is 50.4 Å². The maximum absolute atomic E-state index is 13.1. The fourth-order valence-corrected chi connectivity index (χ4v) is 8.10. The quantitative estimate of drug-likeness (QED) is 0.706. The van der Waals surface area contributed by atoms with Crippen molar-refractivity contribution in [1.29, 1.82) is 0 Å². The van der Waals surface area contributed by atoms with Gasteiger partial charge < -0.3 is 9.80 Å². The van der Waals surface area contributed by atoms with E-state index < -0.39 is 0 Å². The monoisotopic (exact) mass is 418 g/mol. The molecule has 0 radical (unpaired) electrons. The van der Waals surface area contributed by atoms with Gasteiger partial charge in [0.2, 0.25) is 11.9 Å². The van der Waals surface area contributed by atoms with Crippen molar-refractivity contribution in [3.63, 3.8) is 0 Å². The zero-order valence-electron chi connectivity index (χ0n) is 15.2. The fraction of sp³-hybridized carbons (Fsp3) is 0.750. The Morgan fingerprint density at radius 2 is 1.73 bits per heavy atom. The van der Waals surface area contributed by atoms with Crippen molar-refractivity contribution < 1.29 is 4.79 Å². The third kappa shape index (κ3) is 3.04. The van der Waals surface area contributed by atoms with Gasteiger partial charge in [0.25, 0.3) is 0 Å². The van der Waals surface area contributed by atoms with Crippen LogP contribution in [0.15, 0.2) is 18.5 Å². The lowest BCUT2D eigenvalue weighted by molar-refractivity contribution is -0.138. The van der Waals surface area contributed by atoms with E-state index in [-0.39, 0.29) is 5.41 Å². The van der Waals surface area contributed by atoms with Crippen LogP contribution < -0.4 is 4.90 Å². The first-order valence-corrected chi connectivity index (χ1v) is 10.8. The first kappa shape index (κ1) is 17.0. The van der Waals surface area contributed by atoms with Gasteiger partial charge >= 0.3 is 0 Å². The van der Waals surface area contributed by atoms with Crippen molar-refractivity contribution in [2.24, 2.45) is 17.3 Å². The van der Waals surface area contributed by atoms with Crippen LogP contribution in [0.4, 0.5) is 5.95 Å².